The zero-order valence-electron chi connectivity index (χ0n) is 12.8. The second-order valence-corrected chi connectivity index (χ2v) is 5.92. The van der Waals surface area contributed by atoms with Crippen molar-refractivity contribution >= 4 is 39.1 Å². The molecule has 0 aliphatic heterocycles. The molecule has 9 heteroatoms. The zero-order valence-corrected chi connectivity index (χ0v) is 14.4. The van der Waals surface area contributed by atoms with Crippen molar-refractivity contribution in [3.05, 3.63) is 51.1 Å². The zero-order chi connectivity index (χ0) is 17.1. The summed E-state index contributed by atoms with van der Waals surface area (Å²) >= 11 is 3.36. The summed E-state index contributed by atoms with van der Waals surface area (Å²) in [6.07, 6.45) is 2.72. The van der Waals surface area contributed by atoms with Crippen molar-refractivity contribution in [2.24, 2.45) is 0 Å². The molecule has 0 radical (unpaired) electrons. The smallest absolute Gasteiger partial charge is 0.307 e. The van der Waals surface area contributed by atoms with Gasteiger partial charge < -0.3 is 10.6 Å². The van der Waals surface area contributed by atoms with Crippen LogP contribution in [-0.2, 0) is 6.42 Å². The number of aromatic nitrogens is 4. The third-order valence-corrected chi connectivity index (χ3v) is 4.05. The number of fused-ring (bicyclic) bond motifs is 1. The highest BCUT2D eigenvalue weighted by atomic mass is 79.9. The Kier molecular flexibility index (Phi) is 4.61. The van der Waals surface area contributed by atoms with Gasteiger partial charge in [-0.2, -0.15) is 4.52 Å². The molecule has 0 spiro atoms. The van der Waals surface area contributed by atoms with Gasteiger partial charge in [0.15, 0.2) is 0 Å². The molecule has 3 N–H and O–H groups in total. The number of aromatic amines is 1. The molecule has 0 aliphatic carbocycles. The first-order valence-electron chi connectivity index (χ1n) is 7.37. The van der Waals surface area contributed by atoms with E-state index in [2.05, 4.69) is 41.6 Å². The third-order valence-electron chi connectivity index (χ3n) is 3.35. The number of hydrogen-bond donors (Lipinski definition) is 3. The molecule has 124 valence electrons. The number of carbonyl (C=O) groups excluding carboxylic acids is 1. The fraction of sp³-hybridized carbons (Fsp3) is 0.200. The molecule has 0 atom stereocenters. The van der Waals surface area contributed by atoms with Crippen LogP contribution >= 0.6 is 15.9 Å². The van der Waals surface area contributed by atoms with Gasteiger partial charge in [0.25, 0.3) is 11.3 Å². The number of para-hydroxylation sites is 1. The lowest BCUT2D eigenvalue weighted by Crippen LogP contribution is -2.28. The van der Waals surface area contributed by atoms with Crippen molar-refractivity contribution in [1.82, 2.24) is 19.6 Å². The monoisotopic (exact) mass is 390 g/mol. The molecule has 0 saturated heterocycles. The normalized spacial score (nSPS) is 10.8. The van der Waals surface area contributed by atoms with E-state index in [1.54, 1.807) is 12.1 Å². The number of aryl methyl sites for hydroxylation is 1. The van der Waals surface area contributed by atoms with Gasteiger partial charge in [-0.1, -0.05) is 25.5 Å². The summed E-state index contributed by atoms with van der Waals surface area (Å²) in [6, 6.07) is 6.69. The third kappa shape index (κ3) is 3.16. The number of benzene rings is 1. The largest absolute Gasteiger partial charge is 0.323 e. The summed E-state index contributed by atoms with van der Waals surface area (Å²) in [6.45, 7) is 1.97. The van der Waals surface area contributed by atoms with Gasteiger partial charge in [0, 0.05) is 4.47 Å². The quantitative estimate of drug-likeness (QED) is 0.636. The fourth-order valence-corrected chi connectivity index (χ4v) is 2.66. The van der Waals surface area contributed by atoms with Crippen molar-refractivity contribution in [1.29, 1.82) is 0 Å². The van der Waals surface area contributed by atoms with E-state index in [0.717, 1.165) is 10.9 Å². The SMILES string of the molecule is CCCc1nc2nc[nH]n2c(=O)c1NC(=O)Nc1ccccc1Br. The van der Waals surface area contributed by atoms with E-state index in [-0.39, 0.29) is 11.5 Å². The molecule has 0 saturated carbocycles. The van der Waals surface area contributed by atoms with Crippen LogP contribution in [0.4, 0.5) is 16.2 Å². The van der Waals surface area contributed by atoms with E-state index in [1.807, 2.05) is 19.1 Å². The Hall–Kier alpha value is -2.68. The van der Waals surface area contributed by atoms with Crippen LogP contribution in [0, 0.1) is 0 Å². The highest BCUT2D eigenvalue weighted by Gasteiger charge is 2.16. The highest BCUT2D eigenvalue weighted by Crippen LogP contribution is 2.21. The molecule has 3 aromatic rings. The lowest BCUT2D eigenvalue weighted by Gasteiger charge is -2.11. The number of halogens is 1. The van der Waals surface area contributed by atoms with Crippen LogP contribution < -0.4 is 16.2 Å². The molecule has 2 heterocycles. The van der Waals surface area contributed by atoms with Gasteiger partial charge in [0.2, 0.25) is 0 Å². The second kappa shape index (κ2) is 6.83. The molecule has 24 heavy (non-hydrogen) atoms. The molecule has 0 fully saturated rings. The van der Waals surface area contributed by atoms with Gasteiger partial charge in [-0.3, -0.25) is 9.89 Å². The van der Waals surface area contributed by atoms with Crippen LogP contribution in [-0.4, -0.2) is 25.6 Å². The Morgan fingerprint density at radius 2 is 2.12 bits per heavy atom. The summed E-state index contributed by atoms with van der Waals surface area (Å²) in [5, 5.41) is 7.99. The summed E-state index contributed by atoms with van der Waals surface area (Å²) < 4.78 is 1.93. The lowest BCUT2D eigenvalue weighted by atomic mass is 10.2. The molecule has 0 unspecified atom stereocenters. The Labute approximate surface area is 145 Å². The number of anilines is 2. The predicted molar refractivity (Wildman–Crippen MR) is 94.4 cm³/mol. The topological polar surface area (TPSA) is 104 Å². The van der Waals surface area contributed by atoms with Crippen molar-refractivity contribution < 1.29 is 4.79 Å². The minimum atomic E-state index is -0.516. The number of rotatable bonds is 4. The van der Waals surface area contributed by atoms with Gasteiger partial charge in [-0.05, 0) is 34.5 Å². The van der Waals surface area contributed by atoms with Crippen LogP contribution in [0.15, 0.2) is 39.9 Å². The van der Waals surface area contributed by atoms with Crippen LogP contribution in [0.1, 0.15) is 19.0 Å². The van der Waals surface area contributed by atoms with Crippen LogP contribution in [0.25, 0.3) is 5.78 Å². The molecular formula is C15H15BrN6O2. The Morgan fingerprint density at radius 1 is 1.33 bits per heavy atom. The van der Waals surface area contributed by atoms with Crippen molar-refractivity contribution in [2.45, 2.75) is 19.8 Å². The van der Waals surface area contributed by atoms with Crippen molar-refractivity contribution in [3.8, 4) is 0 Å². The van der Waals surface area contributed by atoms with E-state index < -0.39 is 11.6 Å². The number of amides is 2. The molecule has 1 aromatic carbocycles. The molecule has 0 aliphatic rings. The summed E-state index contributed by atoms with van der Waals surface area (Å²) in [5.41, 5.74) is 0.853. The first kappa shape index (κ1) is 16.2. The number of H-pyrrole nitrogens is 1. The van der Waals surface area contributed by atoms with E-state index in [0.29, 0.717) is 17.8 Å². The standard InChI is InChI=1S/C15H15BrN6O2/c1-2-5-11-12(13(23)22-14(19-11)17-8-18-22)21-15(24)20-10-7-4-3-6-9(10)16/h3-4,6-8H,2,5H2,1H3,(H,17,18,19)(H2,20,21,24). The Morgan fingerprint density at radius 3 is 2.88 bits per heavy atom. The number of urea groups is 1. The molecule has 3 rings (SSSR count). The number of nitrogens with one attached hydrogen (secondary N) is 3. The molecular weight excluding hydrogens is 376 g/mol. The average Bonchev–Trinajstić information content (AvgIpc) is 3.02. The van der Waals surface area contributed by atoms with Gasteiger partial charge in [-0.25, -0.2) is 14.8 Å². The first-order chi connectivity index (χ1) is 11.6. The molecule has 2 aromatic heterocycles. The van der Waals surface area contributed by atoms with E-state index in [1.165, 1.54) is 10.8 Å². The summed E-state index contributed by atoms with van der Waals surface area (Å²) in [5.74, 6) is 0.278. The van der Waals surface area contributed by atoms with Crippen LogP contribution in [0.2, 0.25) is 0 Å². The fourth-order valence-electron chi connectivity index (χ4n) is 2.27. The minimum absolute atomic E-state index is 0.142. The maximum atomic E-state index is 12.5. The second-order valence-electron chi connectivity index (χ2n) is 5.07. The summed E-state index contributed by atoms with van der Waals surface area (Å²) in [7, 11) is 0. The Balaban J connectivity index is 1.92. The summed E-state index contributed by atoms with van der Waals surface area (Å²) in [4.78, 5) is 33.1. The van der Waals surface area contributed by atoms with Crippen molar-refractivity contribution in [2.75, 3.05) is 10.6 Å². The number of nitrogens with zero attached hydrogens (tertiary/aromatic N) is 3. The first-order valence-corrected chi connectivity index (χ1v) is 8.17. The Bertz CT molecular complexity index is 949. The van der Waals surface area contributed by atoms with E-state index >= 15 is 0 Å². The average molecular weight is 391 g/mol. The van der Waals surface area contributed by atoms with E-state index in [9.17, 15) is 9.59 Å². The minimum Gasteiger partial charge on any atom is -0.307 e. The van der Waals surface area contributed by atoms with Gasteiger partial charge in [-0.15, -0.1) is 0 Å². The molecule has 8 nitrogen and oxygen atoms in total. The maximum Gasteiger partial charge on any atom is 0.323 e. The molecule has 2 amide bonds. The van der Waals surface area contributed by atoms with Crippen molar-refractivity contribution in [3.63, 3.8) is 0 Å². The molecule has 0 bridgehead atoms. The van der Waals surface area contributed by atoms with E-state index in [4.69, 9.17) is 0 Å². The maximum absolute atomic E-state index is 12.5. The predicted octanol–water partition coefficient (Wildman–Crippen LogP) is 2.78. The van der Waals surface area contributed by atoms with Crippen LogP contribution in [0.5, 0.6) is 0 Å². The van der Waals surface area contributed by atoms with Gasteiger partial charge in [0.1, 0.15) is 12.0 Å². The van der Waals surface area contributed by atoms with Gasteiger partial charge >= 0.3 is 6.03 Å². The number of hydrogen-bond acceptors (Lipinski definition) is 4. The van der Waals surface area contributed by atoms with Crippen LogP contribution in [0.3, 0.4) is 0 Å². The lowest BCUT2D eigenvalue weighted by molar-refractivity contribution is 0.262. The highest BCUT2D eigenvalue weighted by molar-refractivity contribution is 9.10. The van der Waals surface area contributed by atoms with Gasteiger partial charge in [0.05, 0.1) is 11.4 Å². The number of carbonyl (C=O) groups is 1.